The lowest BCUT2D eigenvalue weighted by Crippen LogP contribution is -2.65. The summed E-state index contributed by atoms with van der Waals surface area (Å²) in [6, 6.07) is 38.5. The Morgan fingerprint density at radius 2 is 1.03 bits per heavy atom. The molecular weight excluding hydrogens is 771 g/mol. The maximum Gasteiger partial charge on any atom is 0.186 e. The zero-order chi connectivity index (χ0) is 41.5. The third kappa shape index (κ3) is 13.5. The van der Waals surface area contributed by atoms with Crippen LogP contribution in [0.3, 0.4) is 0 Å². The average Bonchev–Trinajstić information content (AvgIpc) is 3.24. The Balaban J connectivity index is 1.33. The molecule has 0 saturated carbocycles. The highest BCUT2D eigenvalue weighted by atomic mass is 28.3. The fourth-order valence-corrected chi connectivity index (χ4v) is 7.66. The number of rotatable bonds is 21. The summed E-state index contributed by atoms with van der Waals surface area (Å²) in [5.41, 5.74) is 13.4. The summed E-state index contributed by atoms with van der Waals surface area (Å²) in [5.74, 6) is 0. The van der Waals surface area contributed by atoms with Crippen LogP contribution < -0.4 is 0 Å². The molecule has 6 rings (SSSR count). The molecule has 2 aliphatic heterocycles. The normalized spacial score (nSPS) is 27.2. The summed E-state index contributed by atoms with van der Waals surface area (Å²) in [4.78, 5) is 2.99. The van der Waals surface area contributed by atoms with Crippen molar-refractivity contribution in [3.05, 3.63) is 154 Å². The van der Waals surface area contributed by atoms with E-state index in [1.807, 2.05) is 121 Å². The van der Waals surface area contributed by atoms with Gasteiger partial charge in [-0.3, -0.25) is 0 Å². The molecule has 4 aromatic rings. The highest BCUT2D eigenvalue weighted by molar-refractivity contribution is 6.76. The highest BCUT2D eigenvalue weighted by Crippen LogP contribution is 2.35. The molecule has 2 saturated heterocycles. The van der Waals surface area contributed by atoms with Crippen molar-refractivity contribution in [1.82, 2.24) is 0 Å². The quantitative estimate of drug-likeness (QED) is 0.0381. The van der Waals surface area contributed by atoms with Crippen LogP contribution in [0.1, 0.15) is 22.3 Å². The number of ether oxygens (including phenoxy) is 8. The number of benzene rings is 4. The SMILES string of the molecule is C[Si](C)(C)CCOC1OC(COCc2ccccc2)C(OC2OC(COCc3ccccc3)C(O)C(O)C2N=[N+]=[N-])C(OCc2ccccc2)C1OCc1ccccc1. The molecule has 10 unspecified atom stereocenters. The highest BCUT2D eigenvalue weighted by Gasteiger charge is 2.53. The van der Waals surface area contributed by atoms with Crippen molar-refractivity contribution in [2.75, 3.05) is 19.8 Å². The molecule has 14 heteroatoms. The van der Waals surface area contributed by atoms with E-state index in [9.17, 15) is 15.7 Å². The van der Waals surface area contributed by atoms with Crippen molar-refractivity contribution in [2.24, 2.45) is 5.11 Å². The predicted molar refractivity (Wildman–Crippen MR) is 223 cm³/mol. The minimum absolute atomic E-state index is 0.0533. The third-order valence-electron chi connectivity index (χ3n) is 10.2. The van der Waals surface area contributed by atoms with Crippen molar-refractivity contribution in [2.45, 2.75) is 113 Å². The first-order valence-electron chi connectivity index (χ1n) is 20.2. The van der Waals surface area contributed by atoms with E-state index >= 15 is 0 Å². The van der Waals surface area contributed by atoms with Crippen molar-refractivity contribution in [1.29, 1.82) is 0 Å². The van der Waals surface area contributed by atoms with E-state index in [4.69, 9.17) is 37.9 Å². The summed E-state index contributed by atoms with van der Waals surface area (Å²) in [6.07, 6.45) is -9.74. The molecule has 0 aliphatic carbocycles. The number of nitrogens with zero attached hydrogens (tertiary/aromatic N) is 3. The number of aliphatic hydroxyl groups excluding tert-OH is 2. The van der Waals surface area contributed by atoms with E-state index in [2.05, 4.69) is 29.7 Å². The molecule has 10 atom stereocenters. The van der Waals surface area contributed by atoms with Crippen molar-refractivity contribution in [3.63, 3.8) is 0 Å². The Kier molecular flexibility index (Phi) is 17.0. The van der Waals surface area contributed by atoms with Gasteiger partial charge in [0, 0.05) is 19.6 Å². The topological polar surface area (TPSA) is 163 Å². The number of aliphatic hydroxyl groups is 2. The van der Waals surface area contributed by atoms with Crippen LogP contribution in [0.15, 0.2) is 126 Å². The van der Waals surface area contributed by atoms with Crippen LogP contribution in [0.2, 0.25) is 25.7 Å². The van der Waals surface area contributed by atoms with Gasteiger partial charge in [-0.15, -0.1) is 0 Å². The van der Waals surface area contributed by atoms with Gasteiger partial charge in [0.1, 0.15) is 42.7 Å². The van der Waals surface area contributed by atoms with Crippen LogP contribution >= 0.6 is 0 Å². The summed E-state index contributed by atoms with van der Waals surface area (Å²) < 4.78 is 52.4. The van der Waals surface area contributed by atoms with Crippen LogP contribution in [0.4, 0.5) is 0 Å². The fraction of sp³-hybridized carbons (Fsp3) is 0.467. The summed E-state index contributed by atoms with van der Waals surface area (Å²) in [5, 5.41) is 26.5. The molecule has 2 heterocycles. The van der Waals surface area contributed by atoms with Gasteiger partial charge in [-0.2, -0.15) is 0 Å². The predicted octanol–water partition coefficient (Wildman–Crippen LogP) is 7.18. The largest absolute Gasteiger partial charge is 0.390 e. The van der Waals surface area contributed by atoms with Gasteiger partial charge in [-0.25, -0.2) is 0 Å². The third-order valence-corrected chi connectivity index (χ3v) is 11.9. The second-order valence-corrected chi connectivity index (χ2v) is 21.7. The van der Waals surface area contributed by atoms with Crippen molar-refractivity contribution in [3.8, 4) is 0 Å². The summed E-state index contributed by atoms with van der Waals surface area (Å²) in [6.45, 7) is 8.24. The monoisotopic (exact) mass is 827 g/mol. The van der Waals surface area contributed by atoms with Gasteiger partial charge < -0.3 is 48.1 Å². The van der Waals surface area contributed by atoms with Crippen LogP contribution in [0.5, 0.6) is 0 Å². The molecule has 316 valence electrons. The Bertz CT molecular complexity index is 1840. The zero-order valence-electron chi connectivity index (χ0n) is 34.0. The second kappa shape index (κ2) is 22.6. The molecule has 4 aromatic carbocycles. The Labute approximate surface area is 347 Å². The molecule has 0 bridgehead atoms. The Morgan fingerprint density at radius 1 is 0.576 bits per heavy atom. The van der Waals surface area contributed by atoms with Gasteiger partial charge in [0.05, 0.1) is 45.7 Å². The number of hydrogen-bond acceptors (Lipinski definition) is 11. The van der Waals surface area contributed by atoms with Crippen LogP contribution in [0.25, 0.3) is 10.4 Å². The molecule has 2 aliphatic rings. The average molecular weight is 828 g/mol. The molecular formula is C45H57N3O10Si. The van der Waals surface area contributed by atoms with Crippen LogP contribution in [-0.2, 0) is 64.3 Å². The number of azide groups is 1. The van der Waals surface area contributed by atoms with E-state index in [1.165, 1.54) is 0 Å². The maximum atomic E-state index is 11.4. The lowest BCUT2D eigenvalue weighted by atomic mass is 9.95. The van der Waals surface area contributed by atoms with E-state index in [0.717, 1.165) is 28.3 Å². The number of hydrogen-bond donors (Lipinski definition) is 2. The van der Waals surface area contributed by atoms with E-state index in [-0.39, 0.29) is 33.0 Å². The molecule has 0 spiro atoms. The lowest BCUT2D eigenvalue weighted by molar-refractivity contribution is -0.357. The first kappa shape index (κ1) is 44.6. The van der Waals surface area contributed by atoms with E-state index < -0.39 is 69.4 Å². The second-order valence-electron chi connectivity index (χ2n) is 16.1. The molecule has 2 fully saturated rings. The van der Waals surface area contributed by atoms with Gasteiger partial charge in [0.25, 0.3) is 0 Å². The van der Waals surface area contributed by atoms with Crippen molar-refractivity contribution < 1.29 is 48.1 Å². The van der Waals surface area contributed by atoms with E-state index in [1.54, 1.807) is 0 Å². The van der Waals surface area contributed by atoms with Crippen LogP contribution in [-0.4, -0.2) is 99.5 Å². The summed E-state index contributed by atoms with van der Waals surface area (Å²) in [7, 11) is -1.51. The Hall–Kier alpha value is -3.99. The zero-order valence-corrected chi connectivity index (χ0v) is 35.0. The standard InChI is InChI=1S/C45H57N3O10Si/c1-59(2,3)25-24-53-45-43(55-29-35-22-14-7-15-23-35)42(54-28-34-20-12-6-13-21-34)41(37(57-45)31-52-27-33-18-10-5-11-19-33)58-44-38(47-48-46)40(50)39(49)36(56-44)30-51-26-32-16-8-4-9-17-32/h4-23,36-45,49-50H,24-31H2,1-3H3. The van der Waals surface area contributed by atoms with Gasteiger partial charge in [-0.1, -0.05) is 146 Å². The van der Waals surface area contributed by atoms with Crippen LogP contribution in [0, 0.1) is 0 Å². The fourth-order valence-electron chi connectivity index (χ4n) is 6.93. The molecule has 59 heavy (non-hydrogen) atoms. The lowest BCUT2D eigenvalue weighted by Gasteiger charge is -2.48. The molecule has 2 N–H and O–H groups in total. The smallest absolute Gasteiger partial charge is 0.186 e. The minimum Gasteiger partial charge on any atom is -0.390 e. The minimum atomic E-state index is -1.54. The molecule has 0 aromatic heterocycles. The van der Waals surface area contributed by atoms with Gasteiger partial charge in [-0.05, 0) is 33.8 Å². The summed E-state index contributed by atoms with van der Waals surface area (Å²) >= 11 is 0. The van der Waals surface area contributed by atoms with Crippen molar-refractivity contribution >= 4 is 8.07 Å². The first-order valence-corrected chi connectivity index (χ1v) is 23.9. The van der Waals surface area contributed by atoms with Gasteiger partial charge in [0.15, 0.2) is 12.6 Å². The first-order chi connectivity index (χ1) is 28.7. The molecule has 13 nitrogen and oxygen atoms in total. The maximum absolute atomic E-state index is 11.4. The Morgan fingerprint density at radius 3 is 1.53 bits per heavy atom. The van der Waals surface area contributed by atoms with E-state index in [0.29, 0.717) is 13.2 Å². The van der Waals surface area contributed by atoms with Gasteiger partial charge >= 0.3 is 0 Å². The molecule has 0 radical (unpaired) electrons. The van der Waals surface area contributed by atoms with Gasteiger partial charge in [0.2, 0.25) is 0 Å². The molecule has 0 amide bonds.